The molecule has 1 aromatic carbocycles. The van der Waals surface area contributed by atoms with Crippen LogP contribution < -0.4 is 5.32 Å². The summed E-state index contributed by atoms with van der Waals surface area (Å²) >= 11 is 1.41. The van der Waals surface area contributed by atoms with Crippen LogP contribution >= 0.6 is 11.3 Å². The number of amides is 1. The van der Waals surface area contributed by atoms with Crippen LogP contribution in [0.3, 0.4) is 0 Å². The van der Waals surface area contributed by atoms with Gasteiger partial charge in [-0.2, -0.15) is 0 Å². The minimum Gasteiger partial charge on any atom is -0.345 e. The number of nitrogens with one attached hydrogen (secondary N) is 1. The van der Waals surface area contributed by atoms with E-state index in [-0.39, 0.29) is 17.7 Å². The predicted octanol–water partition coefficient (Wildman–Crippen LogP) is 3.44. The number of ketones is 1. The maximum absolute atomic E-state index is 11.9. The number of rotatable bonds is 4. The molecule has 2 aromatic rings. The lowest BCUT2D eigenvalue weighted by Gasteiger charge is -2.14. The molecule has 19 heavy (non-hydrogen) atoms. The quantitative estimate of drug-likeness (QED) is 0.867. The molecule has 3 nitrogen and oxygen atoms in total. The number of carbonyl (C=O) groups excluding carboxylic acids is 2. The highest BCUT2D eigenvalue weighted by molar-refractivity contribution is 7.12. The molecule has 0 saturated heterocycles. The molecule has 0 saturated carbocycles. The van der Waals surface area contributed by atoms with Gasteiger partial charge < -0.3 is 5.32 Å². The third-order valence-corrected chi connectivity index (χ3v) is 3.75. The van der Waals surface area contributed by atoms with E-state index in [1.54, 1.807) is 12.1 Å². The van der Waals surface area contributed by atoms with Crippen LogP contribution in [0.1, 0.15) is 45.5 Å². The van der Waals surface area contributed by atoms with Crippen molar-refractivity contribution >= 4 is 23.0 Å². The molecule has 0 fully saturated rings. The zero-order chi connectivity index (χ0) is 13.8. The zero-order valence-electron chi connectivity index (χ0n) is 10.8. The molecule has 4 heteroatoms. The Morgan fingerprint density at radius 1 is 1.21 bits per heavy atom. The average molecular weight is 273 g/mol. The second kappa shape index (κ2) is 5.80. The summed E-state index contributed by atoms with van der Waals surface area (Å²) in [7, 11) is 0. The van der Waals surface area contributed by atoms with Crippen LogP contribution in [0, 0.1) is 0 Å². The van der Waals surface area contributed by atoms with Gasteiger partial charge in [-0.15, -0.1) is 11.3 Å². The van der Waals surface area contributed by atoms with Gasteiger partial charge in [-0.3, -0.25) is 9.59 Å². The van der Waals surface area contributed by atoms with Gasteiger partial charge in [0.25, 0.3) is 5.91 Å². The first-order chi connectivity index (χ1) is 9.08. The summed E-state index contributed by atoms with van der Waals surface area (Å²) in [5, 5.41) is 4.80. The van der Waals surface area contributed by atoms with E-state index in [0.29, 0.717) is 10.4 Å². The zero-order valence-corrected chi connectivity index (χ0v) is 11.7. The van der Waals surface area contributed by atoms with E-state index in [1.807, 2.05) is 36.6 Å². The molecule has 98 valence electrons. The van der Waals surface area contributed by atoms with Gasteiger partial charge in [-0.1, -0.05) is 24.3 Å². The molecule has 0 radical (unpaired) electrons. The Balaban J connectivity index is 2.11. The van der Waals surface area contributed by atoms with Crippen molar-refractivity contribution in [2.24, 2.45) is 0 Å². The summed E-state index contributed by atoms with van der Waals surface area (Å²) in [4.78, 5) is 24.0. The molecule has 1 N–H and O–H groups in total. The number of Topliss-reactive ketones (excluding diaryl/α,β-unsaturated/α-hetero) is 1. The third-order valence-electron chi connectivity index (χ3n) is 2.89. The van der Waals surface area contributed by atoms with E-state index in [1.165, 1.54) is 18.3 Å². The summed E-state index contributed by atoms with van der Waals surface area (Å²) < 4.78 is 0. The molecule has 1 amide bonds. The van der Waals surface area contributed by atoms with Crippen LogP contribution in [-0.4, -0.2) is 11.7 Å². The van der Waals surface area contributed by atoms with Crippen LogP contribution in [0.15, 0.2) is 41.8 Å². The maximum atomic E-state index is 11.9. The Labute approximate surface area is 116 Å². The van der Waals surface area contributed by atoms with Crippen LogP contribution in [0.5, 0.6) is 0 Å². The predicted molar refractivity (Wildman–Crippen MR) is 76.6 cm³/mol. The average Bonchev–Trinajstić information content (AvgIpc) is 2.92. The van der Waals surface area contributed by atoms with Gasteiger partial charge in [0.05, 0.1) is 10.9 Å². The van der Waals surface area contributed by atoms with Gasteiger partial charge in [0.1, 0.15) is 0 Å². The Bertz CT molecular complexity index is 590. The molecule has 1 atom stereocenters. The number of hydrogen-bond acceptors (Lipinski definition) is 3. The second-order valence-electron chi connectivity index (χ2n) is 4.35. The minimum atomic E-state index is -0.131. The number of carbonyl (C=O) groups is 2. The van der Waals surface area contributed by atoms with Crippen molar-refractivity contribution in [3.63, 3.8) is 0 Å². The van der Waals surface area contributed by atoms with Crippen molar-refractivity contribution in [3.8, 4) is 0 Å². The molecule has 0 aliphatic heterocycles. The fraction of sp³-hybridized carbons (Fsp3) is 0.200. The lowest BCUT2D eigenvalue weighted by Crippen LogP contribution is -2.25. The van der Waals surface area contributed by atoms with E-state index in [4.69, 9.17) is 0 Å². The van der Waals surface area contributed by atoms with Gasteiger partial charge in [-0.25, -0.2) is 0 Å². The van der Waals surface area contributed by atoms with E-state index in [9.17, 15) is 9.59 Å². The first-order valence-corrected chi connectivity index (χ1v) is 6.91. The van der Waals surface area contributed by atoms with Crippen molar-refractivity contribution in [1.82, 2.24) is 5.32 Å². The molecule has 0 aliphatic carbocycles. The molecule has 0 bridgehead atoms. The van der Waals surface area contributed by atoms with Crippen molar-refractivity contribution < 1.29 is 9.59 Å². The van der Waals surface area contributed by atoms with Crippen molar-refractivity contribution in [3.05, 3.63) is 57.8 Å². The summed E-state index contributed by atoms with van der Waals surface area (Å²) in [6, 6.07) is 10.8. The Hall–Kier alpha value is -1.94. The monoisotopic (exact) mass is 273 g/mol. The molecule has 0 spiro atoms. The molecular formula is C15H15NO2S. The fourth-order valence-electron chi connectivity index (χ4n) is 1.79. The summed E-state index contributed by atoms with van der Waals surface area (Å²) in [5.41, 5.74) is 1.59. The first-order valence-electron chi connectivity index (χ1n) is 6.03. The highest BCUT2D eigenvalue weighted by atomic mass is 32.1. The lowest BCUT2D eigenvalue weighted by molar-refractivity contribution is 0.0943. The molecule has 1 heterocycles. The van der Waals surface area contributed by atoms with Crippen LogP contribution in [0.4, 0.5) is 0 Å². The van der Waals surface area contributed by atoms with Crippen molar-refractivity contribution in [2.75, 3.05) is 0 Å². The Morgan fingerprint density at radius 3 is 2.63 bits per heavy atom. The van der Waals surface area contributed by atoms with Gasteiger partial charge >= 0.3 is 0 Å². The summed E-state index contributed by atoms with van der Waals surface area (Å²) in [5.74, 6) is -0.0608. The number of hydrogen-bond donors (Lipinski definition) is 1. The second-order valence-corrected chi connectivity index (χ2v) is 5.30. The molecular weight excluding hydrogens is 258 g/mol. The lowest BCUT2D eigenvalue weighted by atomic mass is 10.0. The van der Waals surface area contributed by atoms with Crippen molar-refractivity contribution in [1.29, 1.82) is 0 Å². The SMILES string of the molecule is CC(=O)c1cccc(C(C)NC(=O)c2cccs2)c1. The highest BCUT2D eigenvalue weighted by Crippen LogP contribution is 2.16. The van der Waals surface area contributed by atoms with E-state index in [2.05, 4.69) is 5.32 Å². The summed E-state index contributed by atoms with van der Waals surface area (Å²) in [6.45, 7) is 3.44. The number of benzene rings is 1. The van der Waals surface area contributed by atoms with Gasteiger partial charge in [0, 0.05) is 5.56 Å². The van der Waals surface area contributed by atoms with Crippen LogP contribution in [-0.2, 0) is 0 Å². The standard InChI is InChI=1S/C15H15NO2S/c1-10(16-15(18)14-7-4-8-19-14)12-5-3-6-13(9-12)11(2)17/h3-10H,1-2H3,(H,16,18). The normalized spacial score (nSPS) is 11.9. The first kappa shape index (κ1) is 13.5. The Kier molecular flexibility index (Phi) is 4.12. The van der Waals surface area contributed by atoms with E-state index in [0.717, 1.165) is 5.56 Å². The van der Waals surface area contributed by atoms with Crippen molar-refractivity contribution in [2.45, 2.75) is 19.9 Å². The third kappa shape index (κ3) is 3.29. The van der Waals surface area contributed by atoms with Crippen LogP contribution in [0.25, 0.3) is 0 Å². The number of thiophene rings is 1. The molecule has 0 aliphatic rings. The van der Waals surface area contributed by atoms with E-state index >= 15 is 0 Å². The molecule has 1 aromatic heterocycles. The minimum absolute atomic E-state index is 0.0265. The largest absolute Gasteiger partial charge is 0.345 e. The van der Waals surface area contributed by atoms with Gasteiger partial charge in [0.2, 0.25) is 0 Å². The van der Waals surface area contributed by atoms with Gasteiger partial charge in [-0.05, 0) is 36.9 Å². The molecule has 2 rings (SSSR count). The van der Waals surface area contributed by atoms with Crippen LogP contribution in [0.2, 0.25) is 0 Å². The summed E-state index contributed by atoms with van der Waals surface area (Å²) in [6.07, 6.45) is 0. The highest BCUT2D eigenvalue weighted by Gasteiger charge is 2.12. The smallest absolute Gasteiger partial charge is 0.261 e. The topological polar surface area (TPSA) is 46.2 Å². The fourth-order valence-corrected chi connectivity index (χ4v) is 2.41. The Morgan fingerprint density at radius 2 is 2.00 bits per heavy atom. The van der Waals surface area contributed by atoms with Gasteiger partial charge in [0.15, 0.2) is 5.78 Å². The maximum Gasteiger partial charge on any atom is 0.261 e. The molecule has 1 unspecified atom stereocenters. The van der Waals surface area contributed by atoms with E-state index < -0.39 is 0 Å².